The van der Waals surface area contributed by atoms with Gasteiger partial charge in [-0.3, -0.25) is 9.69 Å². The van der Waals surface area contributed by atoms with E-state index >= 15 is 0 Å². The maximum absolute atomic E-state index is 11.8. The molecule has 0 amide bonds. The van der Waals surface area contributed by atoms with Crippen molar-refractivity contribution in [2.24, 2.45) is 7.05 Å². The second kappa shape index (κ2) is 6.67. The van der Waals surface area contributed by atoms with E-state index in [4.69, 9.17) is 11.6 Å². The average molecular weight is 317 g/mol. The lowest BCUT2D eigenvalue weighted by molar-refractivity contribution is 0.204. The number of likely N-dealkylation sites (tertiary alicyclic amines) is 1. The Kier molecular flexibility index (Phi) is 4.65. The summed E-state index contributed by atoms with van der Waals surface area (Å²) in [5.41, 5.74) is 2.53. The van der Waals surface area contributed by atoms with E-state index in [9.17, 15) is 4.79 Å². The standard InChI is InChI=1S/C18H21ClN2O/c1-20-8-5-16(12-18(20)22)15-6-9-21(10-7-15)13-14-3-2-4-17(19)11-14/h2-5,8,11-12,15H,6-7,9-10,13H2,1H3. The zero-order chi connectivity index (χ0) is 15.5. The van der Waals surface area contributed by atoms with E-state index in [2.05, 4.69) is 17.0 Å². The number of nitrogens with zero attached hydrogens (tertiary/aromatic N) is 2. The first-order valence-electron chi connectivity index (χ1n) is 7.75. The number of rotatable bonds is 3. The van der Waals surface area contributed by atoms with Gasteiger partial charge in [0.15, 0.2) is 0 Å². The van der Waals surface area contributed by atoms with Gasteiger partial charge in [-0.05, 0) is 61.2 Å². The molecule has 0 bridgehead atoms. The number of benzene rings is 1. The largest absolute Gasteiger partial charge is 0.319 e. The molecule has 1 fully saturated rings. The van der Waals surface area contributed by atoms with Crippen LogP contribution in [0.1, 0.15) is 29.9 Å². The Bertz CT molecular complexity index is 702. The Hall–Kier alpha value is -1.58. The fraction of sp³-hybridized carbons (Fsp3) is 0.389. The van der Waals surface area contributed by atoms with Gasteiger partial charge < -0.3 is 4.57 Å². The van der Waals surface area contributed by atoms with Crippen LogP contribution in [0, 0.1) is 0 Å². The average Bonchev–Trinajstić information content (AvgIpc) is 2.51. The fourth-order valence-corrected chi connectivity index (χ4v) is 3.35. The fourth-order valence-electron chi connectivity index (χ4n) is 3.14. The maximum Gasteiger partial charge on any atom is 0.250 e. The van der Waals surface area contributed by atoms with Crippen LogP contribution in [0.15, 0.2) is 47.4 Å². The summed E-state index contributed by atoms with van der Waals surface area (Å²) in [5, 5.41) is 0.799. The van der Waals surface area contributed by atoms with Crippen LogP contribution in [0.25, 0.3) is 0 Å². The van der Waals surface area contributed by atoms with Crippen LogP contribution >= 0.6 is 11.6 Å². The minimum atomic E-state index is 0.0823. The van der Waals surface area contributed by atoms with Crippen LogP contribution in [0.4, 0.5) is 0 Å². The monoisotopic (exact) mass is 316 g/mol. The van der Waals surface area contributed by atoms with Gasteiger partial charge in [-0.25, -0.2) is 0 Å². The smallest absolute Gasteiger partial charge is 0.250 e. The highest BCUT2D eigenvalue weighted by atomic mass is 35.5. The summed E-state index contributed by atoms with van der Waals surface area (Å²) in [5.74, 6) is 0.504. The van der Waals surface area contributed by atoms with Crippen LogP contribution in [-0.2, 0) is 13.6 Å². The molecule has 1 aliphatic rings. The molecule has 0 aliphatic carbocycles. The Labute approximate surface area is 136 Å². The molecule has 1 saturated heterocycles. The molecule has 1 aromatic heterocycles. The van der Waals surface area contributed by atoms with Crippen molar-refractivity contribution in [1.82, 2.24) is 9.47 Å². The van der Waals surface area contributed by atoms with Gasteiger partial charge in [-0.15, -0.1) is 0 Å². The molecule has 0 N–H and O–H groups in total. The number of piperidine rings is 1. The molecule has 0 unspecified atom stereocenters. The quantitative estimate of drug-likeness (QED) is 0.867. The Morgan fingerprint density at radius 3 is 2.64 bits per heavy atom. The van der Waals surface area contributed by atoms with Gasteiger partial charge in [0, 0.05) is 30.9 Å². The number of pyridine rings is 1. The Morgan fingerprint density at radius 2 is 1.95 bits per heavy atom. The molecule has 22 heavy (non-hydrogen) atoms. The molecule has 2 heterocycles. The third kappa shape index (κ3) is 3.60. The van der Waals surface area contributed by atoms with Crippen molar-refractivity contribution in [2.45, 2.75) is 25.3 Å². The first kappa shape index (κ1) is 15.3. The lowest BCUT2D eigenvalue weighted by atomic mass is 9.90. The van der Waals surface area contributed by atoms with Crippen molar-refractivity contribution >= 4 is 11.6 Å². The highest BCUT2D eigenvalue weighted by Gasteiger charge is 2.21. The number of aromatic nitrogens is 1. The summed E-state index contributed by atoms with van der Waals surface area (Å²) in [6, 6.07) is 11.9. The normalized spacial score (nSPS) is 16.8. The molecule has 3 nitrogen and oxygen atoms in total. The highest BCUT2D eigenvalue weighted by Crippen LogP contribution is 2.28. The third-order valence-corrected chi connectivity index (χ3v) is 4.72. The van der Waals surface area contributed by atoms with Gasteiger partial charge in [0.25, 0.3) is 5.56 Å². The minimum absolute atomic E-state index is 0.0823. The summed E-state index contributed by atoms with van der Waals surface area (Å²) in [6.45, 7) is 3.07. The van der Waals surface area contributed by atoms with Gasteiger partial charge in [0.2, 0.25) is 0 Å². The van der Waals surface area contributed by atoms with Crippen LogP contribution in [0.2, 0.25) is 5.02 Å². The van der Waals surface area contributed by atoms with Gasteiger partial charge in [-0.2, -0.15) is 0 Å². The molecule has 116 valence electrons. The lowest BCUT2D eigenvalue weighted by Crippen LogP contribution is -2.32. The topological polar surface area (TPSA) is 25.2 Å². The highest BCUT2D eigenvalue weighted by molar-refractivity contribution is 6.30. The minimum Gasteiger partial charge on any atom is -0.319 e. The van der Waals surface area contributed by atoms with Crippen LogP contribution in [0.3, 0.4) is 0 Å². The van der Waals surface area contributed by atoms with Crippen LogP contribution in [0.5, 0.6) is 0 Å². The SMILES string of the molecule is Cn1ccc(C2CCN(Cc3cccc(Cl)c3)CC2)cc1=O. The van der Waals surface area contributed by atoms with Crippen molar-refractivity contribution in [3.63, 3.8) is 0 Å². The van der Waals surface area contributed by atoms with E-state index in [0.29, 0.717) is 5.92 Å². The third-order valence-electron chi connectivity index (χ3n) is 4.48. The molecule has 0 radical (unpaired) electrons. The molecule has 0 atom stereocenters. The van der Waals surface area contributed by atoms with E-state index in [1.165, 1.54) is 11.1 Å². The van der Waals surface area contributed by atoms with Crippen LogP contribution in [-0.4, -0.2) is 22.6 Å². The van der Waals surface area contributed by atoms with Crippen molar-refractivity contribution in [2.75, 3.05) is 13.1 Å². The van der Waals surface area contributed by atoms with Crippen molar-refractivity contribution in [1.29, 1.82) is 0 Å². The van der Waals surface area contributed by atoms with Crippen molar-refractivity contribution < 1.29 is 0 Å². The molecule has 2 aromatic rings. The number of hydrogen-bond acceptors (Lipinski definition) is 2. The van der Waals surface area contributed by atoms with Gasteiger partial charge in [0.05, 0.1) is 0 Å². The number of aryl methyl sites for hydroxylation is 1. The molecule has 1 aromatic carbocycles. The van der Waals surface area contributed by atoms with E-state index in [1.54, 1.807) is 17.7 Å². The zero-order valence-electron chi connectivity index (χ0n) is 12.8. The summed E-state index contributed by atoms with van der Waals surface area (Å²) in [7, 11) is 1.79. The second-order valence-electron chi connectivity index (χ2n) is 6.09. The summed E-state index contributed by atoms with van der Waals surface area (Å²) < 4.78 is 1.62. The Balaban J connectivity index is 1.60. The molecule has 1 aliphatic heterocycles. The molecule has 0 spiro atoms. The first-order valence-corrected chi connectivity index (χ1v) is 8.13. The van der Waals surface area contributed by atoms with E-state index < -0.39 is 0 Å². The van der Waals surface area contributed by atoms with Gasteiger partial charge >= 0.3 is 0 Å². The molecular weight excluding hydrogens is 296 g/mol. The summed E-state index contributed by atoms with van der Waals surface area (Å²) in [4.78, 5) is 14.2. The first-order chi connectivity index (χ1) is 10.6. The van der Waals surface area contributed by atoms with Crippen molar-refractivity contribution in [3.8, 4) is 0 Å². The molecule has 3 rings (SSSR count). The predicted octanol–water partition coefficient (Wildman–Crippen LogP) is 3.42. The number of hydrogen-bond donors (Lipinski definition) is 0. The predicted molar refractivity (Wildman–Crippen MR) is 90.4 cm³/mol. The van der Waals surface area contributed by atoms with Gasteiger partial charge in [0.1, 0.15) is 0 Å². The van der Waals surface area contributed by atoms with E-state index in [1.807, 2.05) is 24.4 Å². The summed E-state index contributed by atoms with van der Waals surface area (Å²) in [6.07, 6.45) is 4.08. The zero-order valence-corrected chi connectivity index (χ0v) is 13.6. The molecule has 4 heteroatoms. The van der Waals surface area contributed by atoms with Crippen LogP contribution < -0.4 is 5.56 Å². The second-order valence-corrected chi connectivity index (χ2v) is 6.53. The summed E-state index contributed by atoms with van der Waals surface area (Å²) >= 11 is 6.04. The van der Waals surface area contributed by atoms with Crippen molar-refractivity contribution in [3.05, 3.63) is 69.1 Å². The lowest BCUT2D eigenvalue weighted by Gasteiger charge is -2.32. The van der Waals surface area contributed by atoms with Gasteiger partial charge in [-0.1, -0.05) is 23.7 Å². The molecular formula is C18H21ClN2O. The molecule has 0 saturated carbocycles. The van der Waals surface area contributed by atoms with E-state index in [0.717, 1.165) is 37.5 Å². The van der Waals surface area contributed by atoms with E-state index in [-0.39, 0.29) is 5.56 Å². The number of halogens is 1. The Morgan fingerprint density at radius 1 is 1.18 bits per heavy atom. The maximum atomic E-state index is 11.8.